The van der Waals surface area contributed by atoms with Gasteiger partial charge in [0.2, 0.25) is 0 Å². The quantitative estimate of drug-likeness (QED) is 0.840. The number of rotatable bonds is 4. The Morgan fingerprint density at radius 2 is 2.18 bits per heavy atom. The highest BCUT2D eigenvalue weighted by atomic mass is 16.1. The second kappa shape index (κ2) is 4.96. The van der Waals surface area contributed by atoms with Crippen LogP contribution in [0.15, 0.2) is 6.33 Å². The van der Waals surface area contributed by atoms with Gasteiger partial charge in [0.15, 0.2) is 0 Å². The van der Waals surface area contributed by atoms with Gasteiger partial charge in [0.1, 0.15) is 17.9 Å². The highest BCUT2D eigenvalue weighted by Crippen LogP contribution is 2.36. The molecule has 2 N–H and O–H groups in total. The fourth-order valence-corrected chi connectivity index (χ4v) is 2.64. The van der Waals surface area contributed by atoms with E-state index in [1.54, 1.807) is 4.68 Å². The molecular weight excluding hydrogens is 216 g/mol. The van der Waals surface area contributed by atoms with Gasteiger partial charge in [-0.25, -0.2) is 4.98 Å². The molecule has 1 aromatic rings. The fourth-order valence-electron chi connectivity index (χ4n) is 2.64. The van der Waals surface area contributed by atoms with Crippen LogP contribution in [-0.4, -0.2) is 27.1 Å². The summed E-state index contributed by atoms with van der Waals surface area (Å²) < 4.78 is 1.66. The van der Waals surface area contributed by atoms with Crippen molar-refractivity contribution in [1.29, 1.82) is 0 Å². The molecular formula is C12H20N4O. The summed E-state index contributed by atoms with van der Waals surface area (Å²) in [5, 5.41) is 3.99. The molecule has 94 valence electrons. The molecule has 1 aliphatic carbocycles. The van der Waals surface area contributed by atoms with Gasteiger partial charge < -0.3 is 5.73 Å². The van der Waals surface area contributed by atoms with E-state index < -0.39 is 0 Å². The third kappa shape index (κ3) is 2.39. The number of nitrogens with two attached hydrogens (primary N) is 1. The van der Waals surface area contributed by atoms with Crippen molar-refractivity contribution < 1.29 is 4.79 Å². The molecule has 0 unspecified atom stereocenters. The Kier molecular flexibility index (Phi) is 3.57. The monoisotopic (exact) mass is 236 g/mol. The number of hydrogen-bond donors (Lipinski definition) is 1. The molecule has 2 rings (SSSR count). The number of carbonyl (C=O) groups is 1. The first kappa shape index (κ1) is 12.2. The van der Waals surface area contributed by atoms with E-state index in [2.05, 4.69) is 10.1 Å². The third-order valence-electron chi connectivity index (χ3n) is 3.92. The van der Waals surface area contributed by atoms with E-state index in [0.717, 1.165) is 31.5 Å². The summed E-state index contributed by atoms with van der Waals surface area (Å²) in [5.74, 6) is 0.962. The Labute approximate surface area is 101 Å². The Balaban J connectivity index is 2.10. The average molecular weight is 236 g/mol. The fraction of sp³-hybridized carbons (Fsp3) is 0.750. The van der Waals surface area contributed by atoms with Gasteiger partial charge in [0.25, 0.3) is 0 Å². The van der Waals surface area contributed by atoms with Crippen LogP contribution in [-0.2, 0) is 18.3 Å². The van der Waals surface area contributed by atoms with Crippen LogP contribution in [0.25, 0.3) is 0 Å². The summed E-state index contributed by atoms with van der Waals surface area (Å²) in [4.78, 5) is 16.5. The molecule has 1 fully saturated rings. The largest absolute Gasteiger partial charge is 0.329 e. The summed E-state index contributed by atoms with van der Waals surface area (Å²) in [6, 6.07) is 0. The first-order valence-electron chi connectivity index (χ1n) is 6.24. The molecule has 1 saturated carbocycles. The normalized spacial score (nSPS) is 19.2. The highest BCUT2D eigenvalue weighted by Gasteiger charge is 2.38. The van der Waals surface area contributed by atoms with E-state index in [-0.39, 0.29) is 11.2 Å². The number of hydrogen-bond acceptors (Lipinski definition) is 4. The lowest BCUT2D eigenvalue weighted by Crippen LogP contribution is -2.41. The van der Waals surface area contributed by atoms with E-state index >= 15 is 0 Å². The minimum atomic E-state index is -0.301. The van der Waals surface area contributed by atoms with Crippen LogP contribution < -0.4 is 5.73 Å². The maximum Gasteiger partial charge on any atom is 0.147 e. The first-order chi connectivity index (χ1) is 8.18. The Morgan fingerprint density at radius 1 is 1.47 bits per heavy atom. The summed E-state index contributed by atoms with van der Waals surface area (Å²) in [7, 11) is 1.81. The zero-order valence-corrected chi connectivity index (χ0v) is 10.4. The van der Waals surface area contributed by atoms with Crippen LogP contribution in [0.4, 0.5) is 0 Å². The molecule has 0 aliphatic heterocycles. The molecule has 0 saturated heterocycles. The zero-order chi connectivity index (χ0) is 12.3. The predicted molar refractivity (Wildman–Crippen MR) is 64.3 cm³/mol. The number of nitrogens with zero attached hydrogens (tertiary/aromatic N) is 3. The van der Waals surface area contributed by atoms with Crippen molar-refractivity contribution in [1.82, 2.24) is 14.8 Å². The predicted octanol–water partition coefficient (Wildman–Crippen LogP) is 0.836. The van der Waals surface area contributed by atoms with Gasteiger partial charge in [0.05, 0.1) is 6.42 Å². The van der Waals surface area contributed by atoms with Gasteiger partial charge in [0, 0.05) is 19.0 Å². The molecule has 0 aromatic carbocycles. The van der Waals surface area contributed by atoms with Gasteiger partial charge >= 0.3 is 0 Å². The zero-order valence-electron chi connectivity index (χ0n) is 10.4. The molecule has 0 spiro atoms. The molecule has 0 atom stereocenters. The van der Waals surface area contributed by atoms with Gasteiger partial charge in [-0.3, -0.25) is 9.48 Å². The topological polar surface area (TPSA) is 73.8 Å². The van der Waals surface area contributed by atoms with Gasteiger partial charge in [-0.05, 0) is 12.8 Å². The SMILES string of the molecule is Cn1ncnc1CC(=O)C1(CN)CCCCC1. The van der Waals surface area contributed by atoms with E-state index in [1.165, 1.54) is 12.7 Å². The number of aromatic nitrogens is 3. The summed E-state index contributed by atoms with van der Waals surface area (Å²) in [6.45, 7) is 0.462. The maximum atomic E-state index is 12.4. The summed E-state index contributed by atoms with van der Waals surface area (Å²) >= 11 is 0. The van der Waals surface area contributed by atoms with Crippen molar-refractivity contribution in [3.63, 3.8) is 0 Å². The summed E-state index contributed by atoms with van der Waals surface area (Å²) in [5.41, 5.74) is 5.54. The van der Waals surface area contributed by atoms with Crippen LogP contribution in [0.3, 0.4) is 0 Å². The third-order valence-corrected chi connectivity index (χ3v) is 3.92. The minimum Gasteiger partial charge on any atom is -0.329 e. The molecule has 5 heteroatoms. The standard InChI is InChI=1S/C12H20N4O/c1-16-11(14-9-15-16)7-10(17)12(8-13)5-3-2-4-6-12/h9H,2-8,13H2,1H3. The molecule has 1 heterocycles. The second-order valence-corrected chi connectivity index (χ2v) is 4.94. The minimum absolute atomic E-state index is 0.232. The van der Waals surface area contributed by atoms with Crippen LogP contribution in [0, 0.1) is 5.41 Å². The van der Waals surface area contributed by atoms with Gasteiger partial charge in [-0.1, -0.05) is 19.3 Å². The van der Waals surface area contributed by atoms with E-state index in [4.69, 9.17) is 5.73 Å². The van der Waals surface area contributed by atoms with Crippen molar-refractivity contribution in [3.05, 3.63) is 12.2 Å². The molecule has 0 bridgehead atoms. The Hall–Kier alpha value is -1.23. The van der Waals surface area contributed by atoms with E-state index in [1.807, 2.05) is 7.05 Å². The number of carbonyl (C=O) groups excluding carboxylic acids is 1. The average Bonchev–Trinajstić information content (AvgIpc) is 2.76. The van der Waals surface area contributed by atoms with Crippen LogP contribution in [0.5, 0.6) is 0 Å². The molecule has 1 aromatic heterocycles. The summed E-state index contributed by atoms with van der Waals surface area (Å²) in [6.07, 6.45) is 7.15. The molecule has 17 heavy (non-hydrogen) atoms. The van der Waals surface area contributed by atoms with Gasteiger partial charge in [-0.15, -0.1) is 0 Å². The van der Waals surface area contributed by atoms with Crippen molar-refractivity contribution in [2.75, 3.05) is 6.54 Å². The Morgan fingerprint density at radius 3 is 2.71 bits per heavy atom. The lowest BCUT2D eigenvalue weighted by atomic mass is 9.70. The molecule has 5 nitrogen and oxygen atoms in total. The molecule has 0 amide bonds. The van der Waals surface area contributed by atoms with Crippen molar-refractivity contribution in [2.24, 2.45) is 18.2 Å². The molecule has 0 radical (unpaired) electrons. The number of Topliss-reactive ketones (excluding diaryl/α,β-unsaturated/α-hetero) is 1. The van der Waals surface area contributed by atoms with Crippen molar-refractivity contribution >= 4 is 5.78 Å². The maximum absolute atomic E-state index is 12.4. The first-order valence-corrected chi connectivity index (χ1v) is 6.24. The van der Waals surface area contributed by atoms with Crippen LogP contribution in [0.1, 0.15) is 37.9 Å². The second-order valence-electron chi connectivity index (χ2n) is 4.94. The van der Waals surface area contributed by atoms with Gasteiger partial charge in [-0.2, -0.15) is 5.10 Å². The van der Waals surface area contributed by atoms with Crippen molar-refractivity contribution in [3.8, 4) is 0 Å². The van der Waals surface area contributed by atoms with Crippen molar-refractivity contribution in [2.45, 2.75) is 38.5 Å². The van der Waals surface area contributed by atoms with Crippen LogP contribution in [0.2, 0.25) is 0 Å². The van der Waals surface area contributed by atoms with E-state index in [0.29, 0.717) is 13.0 Å². The lowest BCUT2D eigenvalue weighted by molar-refractivity contribution is -0.129. The smallest absolute Gasteiger partial charge is 0.147 e. The number of ketones is 1. The lowest BCUT2D eigenvalue weighted by Gasteiger charge is -2.34. The molecule has 1 aliphatic rings. The van der Waals surface area contributed by atoms with E-state index in [9.17, 15) is 4.79 Å². The van der Waals surface area contributed by atoms with Crippen LogP contribution >= 0.6 is 0 Å². The highest BCUT2D eigenvalue weighted by molar-refractivity contribution is 5.86. The number of aryl methyl sites for hydroxylation is 1. The Bertz CT molecular complexity index is 393.